The summed E-state index contributed by atoms with van der Waals surface area (Å²) in [6.07, 6.45) is -0.227. The Morgan fingerprint density at radius 2 is 2.12 bits per heavy atom. The van der Waals surface area contributed by atoms with Crippen molar-refractivity contribution < 1.29 is 9.63 Å². The molecule has 2 amide bonds. The van der Waals surface area contributed by atoms with Crippen LogP contribution >= 0.6 is 11.6 Å². The molecule has 2 rings (SSSR count). The molecule has 0 aliphatic carbocycles. The largest absolute Gasteiger partial charge is 0.346 e. The first-order valence-corrected chi connectivity index (χ1v) is 5.42. The minimum absolute atomic E-state index is 0.146. The van der Waals surface area contributed by atoms with Gasteiger partial charge < -0.3 is 0 Å². The summed E-state index contributed by atoms with van der Waals surface area (Å²) in [5, 5.41) is 1.97. The summed E-state index contributed by atoms with van der Waals surface area (Å²) in [4.78, 5) is 18.6. The Morgan fingerprint density at radius 3 is 2.69 bits per heavy atom. The molecule has 1 aromatic rings. The van der Waals surface area contributed by atoms with Crippen molar-refractivity contribution in [3.05, 3.63) is 34.9 Å². The normalized spacial score (nSPS) is 20.7. The van der Waals surface area contributed by atoms with Crippen molar-refractivity contribution in [1.82, 2.24) is 9.96 Å². The fourth-order valence-electron chi connectivity index (χ4n) is 1.52. The highest BCUT2D eigenvalue weighted by Crippen LogP contribution is 2.22. The first kappa shape index (κ1) is 11.2. The Balaban J connectivity index is 2.12. The third-order valence-electron chi connectivity index (χ3n) is 2.61. The smallest absolute Gasteiger partial charge is 0.298 e. The molecule has 1 atom stereocenters. The molecule has 0 N–H and O–H groups in total. The molecule has 86 valence electrons. The Labute approximate surface area is 99.3 Å². The molecular weight excluding hydrogens is 228 g/mol. The average Bonchev–Trinajstić information content (AvgIpc) is 2.50. The summed E-state index contributed by atoms with van der Waals surface area (Å²) < 4.78 is 0. The van der Waals surface area contributed by atoms with Crippen LogP contribution in [0.3, 0.4) is 0 Å². The second kappa shape index (κ2) is 4.31. The quantitative estimate of drug-likeness (QED) is 0.796. The monoisotopic (exact) mass is 240 g/mol. The Hall–Kier alpha value is -1.26. The van der Waals surface area contributed by atoms with Gasteiger partial charge in [-0.25, -0.2) is 9.63 Å². The standard InChI is InChI=1S/C11H13ClN2O2/c1-8-13(2)11(15)14(16-8)7-9-5-3-4-6-10(9)12/h3-6,8H,7H2,1-2H3. The van der Waals surface area contributed by atoms with Crippen molar-refractivity contribution in [1.29, 1.82) is 0 Å². The fourth-order valence-corrected chi connectivity index (χ4v) is 1.71. The minimum atomic E-state index is -0.227. The maximum Gasteiger partial charge on any atom is 0.346 e. The summed E-state index contributed by atoms with van der Waals surface area (Å²) in [5.74, 6) is 0. The molecule has 1 aromatic carbocycles. The van der Waals surface area contributed by atoms with Gasteiger partial charge in [0, 0.05) is 12.1 Å². The predicted octanol–water partition coefficient (Wildman–Crippen LogP) is 2.49. The van der Waals surface area contributed by atoms with E-state index >= 15 is 0 Å². The highest BCUT2D eigenvalue weighted by Gasteiger charge is 2.33. The number of rotatable bonds is 2. The lowest BCUT2D eigenvalue weighted by Gasteiger charge is -2.14. The number of hydroxylamine groups is 2. The van der Waals surface area contributed by atoms with Crippen LogP contribution in [0.2, 0.25) is 5.02 Å². The van der Waals surface area contributed by atoms with Crippen LogP contribution in [0.25, 0.3) is 0 Å². The minimum Gasteiger partial charge on any atom is -0.298 e. The second-order valence-corrected chi connectivity index (χ2v) is 4.13. The molecule has 0 spiro atoms. The van der Waals surface area contributed by atoms with Crippen LogP contribution in [-0.2, 0) is 11.4 Å². The summed E-state index contributed by atoms with van der Waals surface area (Å²) in [7, 11) is 1.71. The molecule has 4 nitrogen and oxygen atoms in total. The number of benzene rings is 1. The van der Waals surface area contributed by atoms with Gasteiger partial charge in [0.1, 0.15) is 0 Å². The van der Waals surface area contributed by atoms with Crippen LogP contribution < -0.4 is 0 Å². The molecule has 1 unspecified atom stereocenters. The van der Waals surface area contributed by atoms with E-state index in [4.69, 9.17) is 16.4 Å². The van der Waals surface area contributed by atoms with Crippen molar-refractivity contribution in [3.8, 4) is 0 Å². The van der Waals surface area contributed by atoms with Gasteiger partial charge in [0.05, 0.1) is 6.54 Å². The van der Waals surface area contributed by atoms with Crippen molar-refractivity contribution in [2.45, 2.75) is 19.7 Å². The van der Waals surface area contributed by atoms with Gasteiger partial charge in [-0.1, -0.05) is 29.8 Å². The summed E-state index contributed by atoms with van der Waals surface area (Å²) in [6.45, 7) is 2.19. The van der Waals surface area contributed by atoms with Crippen LogP contribution in [0.4, 0.5) is 4.79 Å². The molecule has 0 saturated carbocycles. The van der Waals surface area contributed by atoms with Gasteiger partial charge in [-0.15, -0.1) is 0 Å². The number of hydrogen-bond donors (Lipinski definition) is 0. The van der Waals surface area contributed by atoms with Crippen LogP contribution in [0.15, 0.2) is 24.3 Å². The zero-order valence-corrected chi connectivity index (χ0v) is 9.94. The molecule has 1 fully saturated rings. The Morgan fingerprint density at radius 1 is 1.44 bits per heavy atom. The number of carbonyl (C=O) groups is 1. The van der Waals surface area contributed by atoms with E-state index in [2.05, 4.69) is 0 Å². The molecule has 0 radical (unpaired) electrons. The average molecular weight is 241 g/mol. The lowest BCUT2D eigenvalue weighted by Crippen LogP contribution is -2.30. The highest BCUT2D eigenvalue weighted by molar-refractivity contribution is 6.31. The van der Waals surface area contributed by atoms with E-state index in [1.807, 2.05) is 25.1 Å². The molecule has 5 heteroatoms. The highest BCUT2D eigenvalue weighted by atomic mass is 35.5. The van der Waals surface area contributed by atoms with E-state index in [9.17, 15) is 4.79 Å². The van der Waals surface area contributed by atoms with Gasteiger partial charge >= 0.3 is 6.03 Å². The van der Waals surface area contributed by atoms with E-state index < -0.39 is 0 Å². The van der Waals surface area contributed by atoms with E-state index in [-0.39, 0.29) is 12.3 Å². The van der Waals surface area contributed by atoms with Crippen LogP contribution in [0.5, 0.6) is 0 Å². The number of urea groups is 1. The number of nitrogens with zero attached hydrogens (tertiary/aromatic N) is 2. The first-order valence-electron chi connectivity index (χ1n) is 5.04. The maximum absolute atomic E-state index is 11.7. The molecule has 1 saturated heterocycles. The van der Waals surface area contributed by atoms with Gasteiger partial charge in [0.25, 0.3) is 0 Å². The maximum atomic E-state index is 11.7. The number of hydrogen-bond acceptors (Lipinski definition) is 2. The van der Waals surface area contributed by atoms with E-state index in [1.165, 1.54) is 9.96 Å². The number of carbonyl (C=O) groups excluding carboxylic acids is 1. The lowest BCUT2D eigenvalue weighted by atomic mass is 10.2. The van der Waals surface area contributed by atoms with Gasteiger partial charge in [0.15, 0.2) is 6.23 Å². The topological polar surface area (TPSA) is 32.8 Å². The van der Waals surface area contributed by atoms with Crippen molar-refractivity contribution in [2.75, 3.05) is 7.05 Å². The number of amides is 2. The molecule has 0 aromatic heterocycles. The molecular formula is C11H13ClN2O2. The Bertz CT molecular complexity index is 411. The van der Waals surface area contributed by atoms with Gasteiger partial charge in [-0.3, -0.25) is 4.90 Å². The third-order valence-corrected chi connectivity index (χ3v) is 2.98. The third kappa shape index (κ3) is 1.99. The van der Waals surface area contributed by atoms with Crippen LogP contribution in [0.1, 0.15) is 12.5 Å². The predicted molar refractivity (Wildman–Crippen MR) is 60.7 cm³/mol. The van der Waals surface area contributed by atoms with E-state index in [0.29, 0.717) is 11.6 Å². The zero-order chi connectivity index (χ0) is 11.7. The van der Waals surface area contributed by atoms with Crippen molar-refractivity contribution in [2.24, 2.45) is 0 Å². The van der Waals surface area contributed by atoms with Gasteiger partial charge in [-0.2, -0.15) is 5.06 Å². The molecule has 1 aliphatic heterocycles. The Kier molecular flexibility index (Phi) is 3.03. The SMILES string of the molecule is CC1ON(Cc2ccccc2Cl)C(=O)N1C. The summed E-state index contributed by atoms with van der Waals surface area (Å²) in [5.41, 5.74) is 0.875. The van der Waals surface area contributed by atoms with Crippen molar-refractivity contribution in [3.63, 3.8) is 0 Å². The molecule has 1 heterocycles. The van der Waals surface area contributed by atoms with Crippen LogP contribution in [0, 0.1) is 0 Å². The molecule has 0 bridgehead atoms. The number of halogens is 1. The van der Waals surface area contributed by atoms with Gasteiger partial charge in [-0.05, 0) is 18.6 Å². The molecule has 16 heavy (non-hydrogen) atoms. The zero-order valence-electron chi connectivity index (χ0n) is 9.18. The van der Waals surface area contributed by atoms with E-state index in [1.54, 1.807) is 13.1 Å². The second-order valence-electron chi connectivity index (χ2n) is 3.73. The van der Waals surface area contributed by atoms with Gasteiger partial charge in [0.2, 0.25) is 0 Å². The first-order chi connectivity index (χ1) is 7.59. The molecule has 1 aliphatic rings. The lowest BCUT2D eigenvalue weighted by molar-refractivity contribution is -0.134. The van der Waals surface area contributed by atoms with Crippen molar-refractivity contribution >= 4 is 17.6 Å². The summed E-state index contributed by atoms with van der Waals surface area (Å²) >= 11 is 6.02. The summed E-state index contributed by atoms with van der Waals surface area (Å²) in [6, 6.07) is 7.27. The fraction of sp³-hybridized carbons (Fsp3) is 0.364. The van der Waals surface area contributed by atoms with E-state index in [0.717, 1.165) is 5.56 Å². The van der Waals surface area contributed by atoms with Crippen LogP contribution in [-0.4, -0.2) is 29.3 Å².